The summed E-state index contributed by atoms with van der Waals surface area (Å²) in [5.41, 5.74) is 2.71. The van der Waals surface area contributed by atoms with Crippen LogP contribution in [0.15, 0.2) is 6.07 Å². The molecule has 1 fully saturated rings. The van der Waals surface area contributed by atoms with Gasteiger partial charge in [-0.3, -0.25) is 4.79 Å². The first-order valence-electron chi connectivity index (χ1n) is 5.97. The largest absolute Gasteiger partial charge is 0.496 e. The fourth-order valence-electron chi connectivity index (χ4n) is 2.69. The van der Waals surface area contributed by atoms with Crippen LogP contribution in [0.4, 0.5) is 0 Å². The van der Waals surface area contributed by atoms with Crippen molar-refractivity contribution in [2.24, 2.45) is 0 Å². The van der Waals surface area contributed by atoms with Crippen LogP contribution in [0.25, 0.3) is 0 Å². The molecular weight excluding hydrogens is 252 g/mol. The van der Waals surface area contributed by atoms with E-state index < -0.39 is 5.97 Å². The molecule has 1 aromatic carbocycles. The molecule has 1 aromatic rings. The van der Waals surface area contributed by atoms with Crippen molar-refractivity contribution in [1.82, 2.24) is 0 Å². The summed E-state index contributed by atoms with van der Waals surface area (Å²) in [7, 11) is 1.62. The summed E-state index contributed by atoms with van der Waals surface area (Å²) in [6.07, 6.45) is 1.97. The van der Waals surface area contributed by atoms with Crippen molar-refractivity contribution in [2.45, 2.75) is 38.5 Å². The molecule has 0 aliphatic heterocycles. The molecule has 1 aliphatic rings. The van der Waals surface area contributed by atoms with Gasteiger partial charge in [0.1, 0.15) is 5.75 Å². The number of aliphatic carboxylic acids is 1. The van der Waals surface area contributed by atoms with Gasteiger partial charge in [-0.25, -0.2) is 0 Å². The topological polar surface area (TPSA) is 46.5 Å². The third-order valence-electron chi connectivity index (χ3n) is 3.83. The minimum absolute atomic E-state index is 0.163. The lowest BCUT2D eigenvalue weighted by atomic mass is 9.87. The molecule has 3 nitrogen and oxygen atoms in total. The zero-order chi connectivity index (χ0) is 13.5. The van der Waals surface area contributed by atoms with Crippen molar-refractivity contribution in [3.63, 3.8) is 0 Å². The molecule has 0 spiro atoms. The molecule has 1 saturated carbocycles. The van der Waals surface area contributed by atoms with E-state index in [0.29, 0.717) is 5.02 Å². The summed E-state index contributed by atoms with van der Waals surface area (Å²) in [6, 6.07) is 1.91. The van der Waals surface area contributed by atoms with Crippen molar-refractivity contribution in [1.29, 1.82) is 0 Å². The summed E-state index contributed by atoms with van der Waals surface area (Å²) in [5.74, 6) is 0.0109. The molecule has 0 atom stereocenters. The van der Waals surface area contributed by atoms with Crippen LogP contribution in [0, 0.1) is 13.8 Å². The van der Waals surface area contributed by atoms with Gasteiger partial charge in [0.15, 0.2) is 0 Å². The molecule has 0 bridgehead atoms. The third-order valence-corrected chi connectivity index (χ3v) is 4.23. The van der Waals surface area contributed by atoms with Gasteiger partial charge >= 0.3 is 5.97 Å². The molecule has 1 aliphatic carbocycles. The molecule has 18 heavy (non-hydrogen) atoms. The second kappa shape index (κ2) is 4.47. The molecule has 0 saturated heterocycles. The minimum atomic E-state index is -0.762. The highest BCUT2D eigenvalue weighted by Crippen LogP contribution is 2.54. The number of ether oxygens (including phenoxy) is 1. The van der Waals surface area contributed by atoms with E-state index in [9.17, 15) is 4.79 Å². The predicted molar refractivity (Wildman–Crippen MR) is 70.6 cm³/mol. The van der Waals surface area contributed by atoms with Crippen LogP contribution in [0.3, 0.4) is 0 Å². The fourth-order valence-corrected chi connectivity index (χ4v) is 2.89. The highest BCUT2D eigenvalue weighted by Gasteiger charge is 2.47. The zero-order valence-corrected chi connectivity index (χ0v) is 11.6. The summed E-state index contributed by atoms with van der Waals surface area (Å²) >= 11 is 6.21. The lowest BCUT2D eigenvalue weighted by molar-refractivity contribution is -0.137. The Labute approximate surface area is 112 Å². The normalized spacial score (nSPS) is 16.4. The maximum Gasteiger partial charge on any atom is 0.304 e. The van der Waals surface area contributed by atoms with Crippen LogP contribution in [0.1, 0.15) is 36.0 Å². The Morgan fingerprint density at radius 1 is 1.44 bits per heavy atom. The van der Waals surface area contributed by atoms with Crippen LogP contribution < -0.4 is 4.74 Å². The minimum Gasteiger partial charge on any atom is -0.496 e. The summed E-state index contributed by atoms with van der Waals surface area (Å²) in [4.78, 5) is 11.0. The fraction of sp³-hybridized carbons (Fsp3) is 0.500. The summed E-state index contributed by atoms with van der Waals surface area (Å²) in [6.45, 7) is 3.88. The van der Waals surface area contributed by atoms with E-state index in [4.69, 9.17) is 21.4 Å². The standard InChI is InChI=1S/C14H17ClO3/c1-8-10(14(4-5-14)7-12(16)17)6-11(15)9(2)13(8)18-3/h6H,4-5,7H2,1-3H3,(H,16,17). The van der Waals surface area contributed by atoms with Crippen molar-refractivity contribution in [3.05, 3.63) is 27.8 Å². The van der Waals surface area contributed by atoms with E-state index in [0.717, 1.165) is 35.3 Å². The Morgan fingerprint density at radius 2 is 2.06 bits per heavy atom. The number of carboxylic acid groups (broad SMARTS) is 1. The average Bonchev–Trinajstić information content (AvgIpc) is 3.04. The molecule has 2 rings (SSSR count). The Balaban J connectivity index is 2.52. The third kappa shape index (κ3) is 2.07. The molecular formula is C14H17ClO3. The smallest absolute Gasteiger partial charge is 0.304 e. The quantitative estimate of drug-likeness (QED) is 0.909. The van der Waals surface area contributed by atoms with Gasteiger partial charge in [-0.1, -0.05) is 11.6 Å². The number of hydrogen-bond donors (Lipinski definition) is 1. The maximum atomic E-state index is 11.0. The maximum absolute atomic E-state index is 11.0. The van der Waals surface area contributed by atoms with Gasteiger partial charge in [-0.2, -0.15) is 0 Å². The SMILES string of the molecule is COc1c(C)c(Cl)cc(C2(CC(=O)O)CC2)c1C. The van der Waals surface area contributed by atoms with E-state index >= 15 is 0 Å². The second-order valence-electron chi connectivity index (χ2n) is 5.04. The highest BCUT2D eigenvalue weighted by atomic mass is 35.5. The first-order valence-corrected chi connectivity index (χ1v) is 6.35. The van der Waals surface area contributed by atoms with E-state index in [1.54, 1.807) is 7.11 Å². The number of rotatable bonds is 4. The van der Waals surface area contributed by atoms with Gasteiger partial charge in [-0.15, -0.1) is 0 Å². The van der Waals surface area contributed by atoms with Crippen LogP contribution in [-0.2, 0) is 10.2 Å². The number of methoxy groups -OCH3 is 1. The highest BCUT2D eigenvalue weighted by molar-refractivity contribution is 6.31. The second-order valence-corrected chi connectivity index (χ2v) is 5.45. The number of carbonyl (C=O) groups is 1. The van der Waals surface area contributed by atoms with Gasteiger partial charge in [0.2, 0.25) is 0 Å². The molecule has 0 amide bonds. The number of benzene rings is 1. The lowest BCUT2D eigenvalue weighted by Crippen LogP contribution is -2.15. The molecule has 0 unspecified atom stereocenters. The van der Waals surface area contributed by atoms with E-state index in [1.165, 1.54) is 0 Å². The Hall–Kier alpha value is -1.22. The molecule has 0 aromatic heterocycles. The molecule has 0 heterocycles. The van der Waals surface area contributed by atoms with Crippen molar-refractivity contribution >= 4 is 17.6 Å². The van der Waals surface area contributed by atoms with Crippen LogP contribution >= 0.6 is 11.6 Å². The van der Waals surface area contributed by atoms with Gasteiger partial charge < -0.3 is 9.84 Å². The number of hydrogen-bond acceptors (Lipinski definition) is 2. The molecule has 98 valence electrons. The van der Waals surface area contributed by atoms with Gasteiger partial charge in [0.05, 0.1) is 13.5 Å². The van der Waals surface area contributed by atoms with Gasteiger partial charge in [-0.05, 0) is 43.9 Å². The average molecular weight is 269 g/mol. The summed E-state index contributed by atoms with van der Waals surface area (Å²) in [5, 5.41) is 9.67. The van der Waals surface area contributed by atoms with E-state index in [1.807, 2.05) is 19.9 Å². The predicted octanol–water partition coefficient (Wildman–Crippen LogP) is 3.47. The number of carboxylic acids is 1. The van der Waals surface area contributed by atoms with E-state index in [2.05, 4.69) is 0 Å². The van der Waals surface area contributed by atoms with Crippen LogP contribution in [-0.4, -0.2) is 18.2 Å². The Kier molecular flexibility index (Phi) is 3.28. The van der Waals surface area contributed by atoms with Crippen molar-refractivity contribution < 1.29 is 14.6 Å². The molecule has 4 heteroatoms. The van der Waals surface area contributed by atoms with Gasteiger partial charge in [0, 0.05) is 16.0 Å². The zero-order valence-electron chi connectivity index (χ0n) is 10.8. The van der Waals surface area contributed by atoms with Crippen molar-refractivity contribution in [3.8, 4) is 5.75 Å². The Bertz CT molecular complexity index is 504. The first kappa shape index (κ1) is 13.2. The van der Waals surface area contributed by atoms with E-state index in [-0.39, 0.29) is 11.8 Å². The molecule has 0 radical (unpaired) electrons. The number of halogens is 1. The van der Waals surface area contributed by atoms with Crippen LogP contribution in [0.5, 0.6) is 5.75 Å². The molecule has 1 N–H and O–H groups in total. The van der Waals surface area contributed by atoms with Crippen molar-refractivity contribution in [2.75, 3.05) is 7.11 Å². The van der Waals surface area contributed by atoms with Crippen LogP contribution in [0.2, 0.25) is 5.02 Å². The lowest BCUT2D eigenvalue weighted by Gasteiger charge is -2.20. The first-order chi connectivity index (χ1) is 8.41. The summed E-state index contributed by atoms with van der Waals surface area (Å²) < 4.78 is 5.39. The Morgan fingerprint density at radius 3 is 2.50 bits per heavy atom. The van der Waals surface area contributed by atoms with Gasteiger partial charge in [0.25, 0.3) is 0 Å². The monoisotopic (exact) mass is 268 g/mol.